The van der Waals surface area contributed by atoms with Crippen LogP contribution in [-0.4, -0.2) is 29.4 Å². The van der Waals surface area contributed by atoms with Crippen molar-refractivity contribution in [2.24, 2.45) is 4.99 Å². The number of para-hydroxylation sites is 1. The van der Waals surface area contributed by atoms with Crippen LogP contribution in [0.1, 0.15) is 38.7 Å². The highest BCUT2D eigenvalue weighted by Crippen LogP contribution is 2.26. The molecule has 0 bridgehead atoms. The van der Waals surface area contributed by atoms with Crippen LogP contribution in [0.4, 0.5) is 11.4 Å². The first-order valence-corrected chi connectivity index (χ1v) is 9.41. The molecule has 26 heavy (non-hydrogen) atoms. The molecule has 2 aromatic carbocycles. The summed E-state index contributed by atoms with van der Waals surface area (Å²) in [6, 6.07) is 16.2. The third kappa shape index (κ3) is 4.07. The van der Waals surface area contributed by atoms with Crippen molar-refractivity contribution in [1.82, 2.24) is 4.98 Å². The van der Waals surface area contributed by atoms with Crippen LogP contribution in [0.25, 0.3) is 10.9 Å². The van der Waals surface area contributed by atoms with E-state index in [4.69, 9.17) is 0 Å². The van der Waals surface area contributed by atoms with Crippen molar-refractivity contribution in [1.29, 1.82) is 0 Å². The van der Waals surface area contributed by atoms with E-state index in [1.54, 1.807) is 6.21 Å². The van der Waals surface area contributed by atoms with Gasteiger partial charge in [-0.05, 0) is 43.2 Å². The first kappa shape index (κ1) is 18.1. The first-order valence-electron chi connectivity index (χ1n) is 9.41. The van der Waals surface area contributed by atoms with Gasteiger partial charge in [0.25, 0.3) is 0 Å². The van der Waals surface area contributed by atoms with Crippen LogP contribution in [-0.2, 0) is 0 Å². The molecule has 0 amide bonds. The molecule has 1 heterocycles. The Morgan fingerprint density at radius 1 is 1.00 bits per heavy atom. The highest BCUT2D eigenvalue weighted by molar-refractivity contribution is 6.02. The van der Waals surface area contributed by atoms with Crippen molar-refractivity contribution in [3.63, 3.8) is 0 Å². The third-order valence-corrected chi connectivity index (χ3v) is 4.56. The van der Waals surface area contributed by atoms with Gasteiger partial charge in [-0.15, -0.1) is 0 Å². The number of nitrogens with one attached hydrogen (secondary N) is 1. The summed E-state index contributed by atoms with van der Waals surface area (Å²) in [5.74, 6) is 0.153. The SMILES string of the molecule is CCCCN(CCC)c1ccc(N=Cc2c(O)[nH]c3ccccc23)cc1. The minimum atomic E-state index is 0.153. The Bertz CT molecular complexity index is 865. The number of unbranched alkanes of at least 4 members (excludes halogenated alkanes) is 1. The number of hydrogen-bond donors (Lipinski definition) is 2. The van der Waals surface area contributed by atoms with E-state index in [0.717, 1.165) is 41.7 Å². The van der Waals surface area contributed by atoms with E-state index < -0.39 is 0 Å². The minimum Gasteiger partial charge on any atom is -0.494 e. The van der Waals surface area contributed by atoms with Crippen molar-refractivity contribution in [2.75, 3.05) is 18.0 Å². The quantitative estimate of drug-likeness (QED) is 0.517. The van der Waals surface area contributed by atoms with E-state index >= 15 is 0 Å². The molecule has 0 aliphatic rings. The van der Waals surface area contributed by atoms with E-state index in [1.165, 1.54) is 18.5 Å². The number of H-pyrrole nitrogens is 1. The zero-order valence-corrected chi connectivity index (χ0v) is 15.6. The van der Waals surface area contributed by atoms with Gasteiger partial charge in [-0.1, -0.05) is 38.5 Å². The third-order valence-electron chi connectivity index (χ3n) is 4.56. The molecule has 4 heteroatoms. The van der Waals surface area contributed by atoms with Crippen molar-refractivity contribution < 1.29 is 5.11 Å². The Hall–Kier alpha value is -2.75. The molecule has 0 unspecified atom stereocenters. The zero-order valence-electron chi connectivity index (χ0n) is 15.6. The number of fused-ring (bicyclic) bond motifs is 1. The van der Waals surface area contributed by atoms with Gasteiger partial charge in [0.15, 0.2) is 5.88 Å². The fraction of sp³-hybridized carbons (Fsp3) is 0.318. The molecule has 2 N–H and O–H groups in total. The van der Waals surface area contributed by atoms with Crippen molar-refractivity contribution in [3.8, 4) is 5.88 Å². The van der Waals surface area contributed by atoms with Gasteiger partial charge in [0.2, 0.25) is 0 Å². The number of aromatic amines is 1. The minimum absolute atomic E-state index is 0.153. The van der Waals surface area contributed by atoms with Gasteiger partial charge in [0.05, 0.1) is 11.3 Å². The van der Waals surface area contributed by atoms with Gasteiger partial charge in [-0.25, -0.2) is 0 Å². The number of rotatable bonds is 8. The van der Waals surface area contributed by atoms with Crippen molar-refractivity contribution in [2.45, 2.75) is 33.1 Å². The van der Waals surface area contributed by atoms with Crippen LogP contribution >= 0.6 is 0 Å². The van der Waals surface area contributed by atoms with E-state index in [-0.39, 0.29) is 5.88 Å². The molecule has 3 aromatic rings. The smallest absolute Gasteiger partial charge is 0.198 e. The standard InChI is InChI=1S/C22H27N3O/c1-3-5-15-25(14-4-2)18-12-10-17(11-13-18)23-16-20-19-8-6-7-9-21(19)24-22(20)26/h6-13,16,24,26H,3-5,14-15H2,1-2H3. The lowest BCUT2D eigenvalue weighted by atomic mass is 10.2. The normalized spacial score (nSPS) is 11.5. The van der Waals surface area contributed by atoms with Crippen LogP contribution in [0.3, 0.4) is 0 Å². The molecule has 0 aliphatic carbocycles. The second-order valence-corrected chi connectivity index (χ2v) is 6.55. The van der Waals surface area contributed by atoms with Gasteiger partial charge < -0.3 is 15.0 Å². The van der Waals surface area contributed by atoms with Crippen LogP contribution < -0.4 is 4.90 Å². The fourth-order valence-corrected chi connectivity index (χ4v) is 3.16. The summed E-state index contributed by atoms with van der Waals surface area (Å²) in [5.41, 5.74) is 3.76. The van der Waals surface area contributed by atoms with Gasteiger partial charge in [0.1, 0.15) is 0 Å². The van der Waals surface area contributed by atoms with E-state index in [0.29, 0.717) is 0 Å². The molecule has 136 valence electrons. The van der Waals surface area contributed by atoms with E-state index in [9.17, 15) is 5.11 Å². The van der Waals surface area contributed by atoms with Crippen molar-refractivity contribution in [3.05, 3.63) is 54.1 Å². The summed E-state index contributed by atoms with van der Waals surface area (Å²) in [4.78, 5) is 9.96. The molecular weight excluding hydrogens is 322 g/mol. The maximum atomic E-state index is 10.1. The van der Waals surface area contributed by atoms with Crippen LogP contribution in [0.15, 0.2) is 53.5 Å². The Balaban J connectivity index is 1.78. The topological polar surface area (TPSA) is 51.6 Å². The number of hydrogen-bond acceptors (Lipinski definition) is 3. The van der Waals surface area contributed by atoms with Crippen LogP contribution in [0, 0.1) is 0 Å². The predicted molar refractivity (Wildman–Crippen MR) is 111 cm³/mol. The number of aromatic hydroxyl groups is 1. The number of benzene rings is 2. The lowest BCUT2D eigenvalue weighted by Crippen LogP contribution is -2.24. The highest BCUT2D eigenvalue weighted by Gasteiger charge is 2.08. The first-order chi connectivity index (χ1) is 12.7. The fourth-order valence-electron chi connectivity index (χ4n) is 3.16. The monoisotopic (exact) mass is 349 g/mol. The van der Waals surface area contributed by atoms with Crippen LogP contribution in [0.2, 0.25) is 0 Å². The van der Waals surface area contributed by atoms with E-state index in [1.807, 2.05) is 36.4 Å². The number of aliphatic imine (C=N–C) groups is 1. The maximum absolute atomic E-state index is 10.1. The summed E-state index contributed by atoms with van der Waals surface area (Å²) in [5, 5.41) is 11.1. The largest absolute Gasteiger partial charge is 0.494 e. The van der Waals surface area contributed by atoms with Gasteiger partial charge in [-0.2, -0.15) is 0 Å². The molecular formula is C22H27N3O. The molecule has 3 rings (SSSR count). The molecule has 1 aromatic heterocycles. The lowest BCUT2D eigenvalue weighted by Gasteiger charge is -2.24. The van der Waals surface area contributed by atoms with Crippen LogP contribution in [0.5, 0.6) is 5.88 Å². The summed E-state index contributed by atoms with van der Waals surface area (Å²) < 4.78 is 0. The van der Waals surface area contributed by atoms with Crippen molar-refractivity contribution >= 4 is 28.5 Å². The Morgan fingerprint density at radius 3 is 2.50 bits per heavy atom. The van der Waals surface area contributed by atoms with Gasteiger partial charge in [0, 0.05) is 35.9 Å². The zero-order chi connectivity index (χ0) is 18.4. The summed E-state index contributed by atoms with van der Waals surface area (Å²) >= 11 is 0. The number of anilines is 1. The predicted octanol–water partition coefficient (Wildman–Crippen LogP) is 5.64. The van der Waals surface area contributed by atoms with E-state index in [2.05, 4.69) is 40.9 Å². The number of aromatic nitrogens is 1. The van der Waals surface area contributed by atoms with Gasteiger partial charge in [-0.3, -0.25) is 4.99 Å². The molecule has 0 saturated heterocycles. The summed E-state index contributed by atoms with van der Waals surface area (Å²) in [6.07, 6.45) is 5.28. The highest BCUT2D eigenvalue weighted by atomic mass is 16.3. The molecule has 0 saturated carbocycles. The molecule has 0 aliphatic heterocycles. The molecule has 0 fully saturated rings. The second-order valence-electron chi connectivity index (χ2n) is 6.55. The second kappa shape index (κ2) is 8.56. The molecule has 4 nitrogen and oxygen atoms in total. The summed E-state index contributed by atoms with van der Waals surface area (Å²) in [6.45, 7) is 6.61. The Kier molecular flexibility index (Phi) is 5.95. The maximum Gasteiger partial charge on any atom is 0.198 e. The number of nitrogens with zero attached hydrogens (tertiary/aromatic N) is 2. The van der Waals surface area contributed by atoms with Gasteiger partial charge >= 0.3 is 0 Å². The average Bonchev–Trinajstić information content (AvgIpc) is 2.99. The summed E-state index contributed by atoms with van der Waals surface area (Å²) in [7, 11) is 0. The molecule has 0 atom stereocenters. The Morgan fingerprint density at radius 2 is 1.77 bits per heavy atom. The Labute approximate surface area is 155 Å². The molecule has 0 spiro atoms. The lowest BCUT2D eigenvalue weighted by molar-refractivity contribution is 0.457. The molecule has 0 radical (unpaired) electrons. The average molecular weight is 349 g/mol.